The van der Waals surface area contributed by atoms with Gasteiger partial charge < -0.3 is 10.1 Å². The van der Waals surface area contributed by atoms with Crippen LogP contribution in [0.25, 0.3) is 0 Å². The fourth-order valence-corrected chi connectivity index (χ4v) is 1.60. The average Bonchev–Trinajstić information content (AvgIpc) is 2.26. The molecular weight excluding hydrogens is 210 g/mol. The van der Waals surface area contributed by atoms with E-state index in [0.717, 1.165) is 22.9 Å². The lowest BCUT2D eigenvalue weighted by atomic mass is 10.2. The van der Waals surface area contributed by atoms with Gasteiger partial charge >= 0.3 is 0 Å². The largest absolute Gasteiger partial charge is 0.496 e. The van der Waals surface area contributed by atoms with Crippen LogP contribution < -0.4 is 10.1 Å². The van der Waals surface area contributed by atoms with E-state index in [2.05, 4.69) is 19.2 Å². The van der Waals surface area contributed by atoms with Gasteiger partial charge in [-0.3, -0.25) is 0 Å². The lowest BCUT2D eigenvalue weighted by Crippen LogP contribution is -2.87. The van der Waals surface area contributed by atoms with Crippen LogP contribution in [0.2, 0.25) is 5.02 Å². The molecule has 1 atom stereocenters. The van der Waals surface area contributed by atoms with Gasteiger partial charge in [0, 0.05) is 10.6 Å². The number of hydrogen-bond acceptors (Lipinski definition) is 1. The minimum atomic E-state index is 0.633. The molecule has 1 aromatic carbocycles. The van der Waals surface area contributed by atoms with Crippen molar-refractivity contribution < 1.29 is 10.1 Å². The molecule has 0 unspecified atom stereocenters. The molecule has 0 aliphatic rings. The third-order valence-electron chi connectivity index (χ3n) is 2.63. The van der Waals surface area contributed by atoms with Crippen molar-refractivity contribution in [3.05, 3.63) is 28.8 Å². The maximum atomic E-state index is 5.95. The number of nitrogens with two attached hydrogens (primary N) is 1. The minimum absolute atomic E-state index is 0.633. The Balaban J connectivity index is 2.69. The Kier molecular flexibility index (Phi) is 4.92. The van der Waals surface area contributed by atoms with Gasteiger partial charge in [-0.2, -0.15) is 0 Å². The van der Waals surface area contributed by atoms with E-state index < -0.39 is 0 Å². The van der Waals surface area contributed by atoms with Crippen molar-refractivity contribution in [2.24, 2.45) is 0 Å². The lowest BCUT2D eigenvalue weighted by Gasteiger charge is -2.11. The predicted molar refractivity (Wildman–Crippen MR) is 63.4 cm³/mol. The Bertz CT molecular complexity index is 314. The molecule has 0 aromatic heterocycles. The molecular formula is C12H19ClNO+. The monoisotopic (exact) mass is 228 g/mol. The molecule has 0 amide bonds. The third kappa shape index (κ3) is 3.73. The molecule has 2 nitrogen and oxygen atoms in total. The summed E-state index contributed by atoms with van der Waals surface area (Å²) in [7, 11) is 1.69. The summed E-state index contributed by atoms with van der Waals surface area (Å²) in [5.74, 6) is 0.916. The highest BCUT2D eigenvalue weighted by Crippen LogP contribution is 2.21. The van der Waals surface area contributed by atoms with Crippen LogP contribution in [0.4, 0.5) is 0 Å². The second-order valence-corrected chi connectivity index (χ2v) is 4.22. The number of methoxy groups -OCH3 is 1. The molecule has 15 heavy (non-hydrogen) atoms. The quantitative estimate of drug-likeness (QED) is 0.822. The third-order valence-corrected chi connectivity index (χ3v) is 2.86. The highest BCUT2D eigenvalue weighted by atomic mass is 35.5. The average molecular weight is 229 g/mol. The second-order valence-electron chi connectivity index (χ2n) is 3.78. The van der Waals surface area contributed by atoms with E-state index in [4.69, 9.17) is 16.3 Å². The van der Waals surface area contributed by atoms with Gasteiger partial charge in [-0.15, -0.1) is 0 Å². The zero-order valence-electron chi connectivity index (χ0n) is 9.59. The van der Waals surface area contributed by atoms with Crippen LogP contribution in [0, 0.1) is 0 Å². The van der Waals surface area contributed by atoms with Crippen molar-refractivity contribution in [1.29, 1.82) is 0 Å². The first kappa shape index (κ1) is 12.3. The van der Waals surface area contributed by atoms with Crippen LogP contribution in [0.1, 0.15) is 25.8 Å². The minimum Gasteiger partial charge on any atom is -0.496 e. The van der Waals surface area contributed by atoms with Crippen molar-refractivity contribution in [3.63, 3.8) is 0 Å². The molecule has 0 aliphatic heterocycles. The number of halogens is 1. The first-order chi connectivity index (χ1) is 7.17. The summed E-state index contributed by atoms with van der Waals surface area (Å²) in [6.07, 6.45) is 1.17. The first-order valence-electron chi connectivity index (χ1n) is 5.33. The van der Waals surface area contributed by atoms with Crippen molar-refractivity contribution in [1.82, 2.24) is 0 Å². The summed E-state index contributed by atoms with van der Waals surface area (Å²) in [6.45, 7) is 5.33. The topological polar surface area (TPSA) is 25.8 Å². The second kappa shape index (κ2) is 5.99. The molecule has 0 bridgehead atoms. The molecule has 2 N–H and O–H groups in total. The van der Waals surface area contributed by atoms with E-state index in [0.29, 0.717) is 6.04 Å². The Labute approximate surface area is 96.6 Å². The Morgan fingerprint density at radius 3 is 2.80 bits per heavy atom. The molecule has 0 saturated carbocycles. The summed E-state index contributed by atoms with van der Waals surface area (Å²) in [4.78, 5) is 0. The summed E-state index contributed by atoms with van der Waals surface area (Å²) >= 11 is 5.95. The van der Waals surface area contributed by atoms with E-state index in [1.807, 2.05) is 18.2 Å². The van der Waals surface area contributed by atoms with Crippen LogP contribution in [0.15, 0.2) is 18.2 Å². The van der Waals surface area contributed by atoms with Crippen molar-refractivity contribution >= 4 is 11.6 Å². The Morgan fingerprint density at radius 1 is 1.47 bits per heavy atom. The molecule has 0 heterocycles. The molecule has 3 heteroatoms. The number of quaternary nitrogens is 1. The van der Waals surface area contributed by atoms with Gasteiger partial charge in [0.2, 0.25) is 0 Å². The maximum Gasteiger partial charge on any atom is 0.127 e. The highest BCUT2D eigenvalue weighted by Gasteiger charge is 2.07. The summed E-state index contributed by atoms with van der Waals surface area (Å²) in [6, 6.07) is 6.38. The number of rotatable bonds is 5. The molecule has 0 radical (unpaired) electrons. The maximum absolute atomic E-state index is 5.95. The molecule has 0 fully saturated rings. The van der Waals surface area contributed by atoms with Gasteiger partial charge in [0.05, 0.1) is 13.2 Å². The van der Waals surface area contributed by atoms with Gasteiger partial charge in [0.25, 0.3) is 0 Å². The van der Waals surface area contributed by atoms with Crippen molar-refractivity contribution in [3.8, 4) is 5.75 Å². The van der Waals surface area contributed by atoms with E-state index in [-0.39, 0.29) is 0 Å². The molecule has 1 rings (SSSR count). The zero-order valence-corrected chi connectivity index (χ0v) is 10.3. The van der Waals surface area contributed by atoms with Crippen LogP contribution >= 0.6 is 11.6 Å². The van der Waals surface area contributed by atoms with Crippen LogP contribution in [-0.2, 0) is 6.54 Å². The van der Waals surface area contributed by atoms with E-state index in [1.165, 1.54) is 6.42 Å². The fourth-order valence-electron chi connectivity index (χ4n) is 1.40. The number of benzene rings is 1. The van der Waals surface area contributed by atoms with Gasteiger partial charge in [-0.1, -0.05) is 18.5 Å². The predicted octanol–water partition coefficient (Wildman–Crippen LogP) is 2.21. The Hall–Kier alpha value is -0.730. The molecule has 0 spiro atoms. The fraction of sp³-hybridized carbons (Fsp3) is 0.500. The zero-order chi connectivity index (χ0) is 11.3. The van der Waals surface area contributed by atoms with E-state index in [9.17, 15) is 0 Å². The summed E-state index contributed by atoms with van der Waals surface area (Å²) in [5.41, 5.74) is 1.16. The van der Waals surface area contributed by atoms with Crippen molar-refractivity contribution in [2.75, 3.05) is 7.11 Å². The van der Waals surface area contributed by atoms with Gasteiger partial charge in [0.1, 0.15) is 12.3 Å². The first-order valence-corrected chi connectivity index (χ1v) is 5.71. The Morgan fingerprint density at radius 2 is 2.20 bits per heavy atom. The van der Waals surface area contributed by atoms with Gasteiger partial charge in [-0.05, 0) is 31.5 Å². The van der Waals surface area contributed by atoms with Crippen molar-refractivity contribution in [2.45, 2.75) is 32.9 Å². The number of hydrogen-bond donors (Lipinski definition) is 1. The molecule has 84 valence electrons. The van der Waals surface area contributed by atoms with Crippen LogP contribution in [0.3, 0.4) is 0 Å². The smallest absolute Gasteiger partial charge is 0.127 e. The lowest BCUT2D eigenvalue weighted by molar-refractivity contribution is -0.701. The molecule has 0 aliphatic carbocycles. The SMILES string of the molecule is CC[C@H](C)[NH2+]Cc1cc(Cl)ccc1OC. The van der Waals surface area contributed by atoms with Crippen LogP contribution in [-0.4, -0.2) is 13.2 Å². The summed E-state index contributed by atoms with van der Waals surface area (Å²) < 4.78 is 5.29. The normalized spacial score (nSPS) is 12.5. The number of ether oxygens (including phenoxy) is 1. The standard InChI is InChI=1S/C12H18ClNO/c1-4-9(2)14-8-10-7-11(13)5-6-12(10)15-3/h5-7,9,14H,4,8H2,1-3H3/p+1/t9-/m0/s1. The van der Waals surface area contributed by atoms with E-state index >= 15 is 0 Å². The molecule has 0 saturated heterocycles. The summed E-state index contributed by atoms with van der Waals surface area (Å²) in [5, 5.41) is 3.07. The van der Waals surface area contributed by atoms with Crippen LogP contribution in [0.5, 0.6) is 5.75 Å². The van der Waals surface area contributed by atoms with Gasteiger partial charge in [-0.25, -0.2) is 0 Å². The van der Waals surface area contributed by atoms with Gasteiger partial charge in [0.15, 0.2) is 0 Å². The van der Waals surface area contributed by atoms with E-state index in [1.54, 1.807) is 7.11 Å². The highest BCUT2D eigenvalue weighted by molar-refractivity contribution is 6.30. The molecule has 1 aromatic rings.